The van der Waals surface area contributed by atoms with Crippen LogP contribution in [0.25, 0.3) is 10.9 Å². The molecule has 0 radical (unpaired) electrons. The highest BCUT2D eigenvalue weighted by molar-refractivity contribution is 6.31. The van der Waals surface area contributed by atoms with Gasteiger partial charge in [-0.25, -0.2) is 0 Å². The van der Waals surface area contributed by atoms with Crippen LogP contribution in [-0.2, 0) is 6.54 Å². The molecule has 1 amide bonds. The third kappa shape index (κ3) is 2.81. The lowest BCUT2D eigenvalue weighted by Gasteiger charge is -2.21. The Balaban J connectivity index is 2.62. The molecule has 0 atom stereocenters. The zero-order chi connectivity index (χ0) is 16.3. The van der Waals surface area contributed by atoms with Gasteiger partial charge in [0.2, 0.25) is 0 Å². The maximum atomic E-state index is 13.0. The number of hydrogen-bond donors (Lipinski definition) is 0. The Kier molecular flexibility index (Phi) is 5.09. The van der Waals surface area contributed by atoms with Gasteiger partial charge < -0.3 is 9.47 Å². The molecule has 1 heterocycles. The number of aromatic nitrogens is 1. The van der Waals surface area contributed by atoms with E-state index in [2.05, 4.69) is 13.2 Å². The maximum absolute atomic E-state index is 13.0. The Morgan fingerprint density at radius 1 is 1.32 bits per heavy atom. The van der Waals surface area contributed by atoms with E-state index in [1.165, 1.54) is 0 Å². The van der Waals surface area contributed by atoms with Gasteiger partial charge in [-0.05, 0) is 37.6 Å². The molecule has 2 aromatic rings. The van der Waals surface area contributed by atoms with E-state index >= 15 is 0 Å². The third-order valence-electron chi connectivity index (χ3n) is 3.78. The lowest BCUT2D eigenvalue weighted by Crippen LogP contribution is -2.33. The molecule has 2 rings (SSSR count). The number of carbonyl (C=O) groups is 1. The number of benzene rings is 1. The second kappa shape index (κ2) is 6.84. The number of hydrogen-bond acceptors (Lipinski definition) is 1. The summed E-state index contributed by atoms with van der Waals surface area (Å²) in [5.41, 5.74) is 2.70. The van der Waals surface area contributed by atoms with Gasteiger partial charge in [0.15, 0.2) is 0 Å². The van der Waals surface area contributed by atoms with Crippen LogP contribution in [0.4, 0.5) is 0 Å². The normalized spacial score (nSPS) is 10.7. The van der Waals surface area contributed by atoms with Crippen LogP contribution in [0.1, 0.15) is 23.0 Å². The summed E-state index contributed by atoms with van der Waals surface area (Å²) in [6, 6.07) is 5.74. The molecule has 0 bridgehead atoms. The van der Waals surface area contributed by atoms with Crippen LogP contribution in [0.5, 0.6) is 0 Å². The summed E-state index contributed by atoms with van der Waals surface area (Å²) in [5.74, 6) is -0.00790. The second-order valence-corrected chi connectivity index (χ2v) is 5.60. The lowest BCUT2D eigenvalue weighted by atomic mass is 10.1. The summed E-state index contributed by atoms with van der Waals surface area (Å²) < 4.78 is 2.04. The van der Waals surface area contributed by atoms with Gasteiger partial charge in [0.1, 0.15) is 5.69 Å². The van der Waals surface area contributed by atoms with Crippen LogP contribution in [0.15, 0.2) is 43.5 Å². The monoisotopic (exact) mass is 316 g/mol. The van der Waals surface area contributed by atoms with Gasteiger partial charge in [-0.15, -0.1) is 13.2 Å². The van der Waals surface area contributed by atoms with Crippen molar-refractivity contribution in [3.63, 3.8) is 0 Å². The number of rotatable bonds is 6. The molecule has 0 aliphatic heterocycles. The first-order valence-electron chi connectivity index (χ1n) is 7.34. The van der Waals surface area contributed by atoms with Gasteiger partial charge in [-0.1, -0.05) is 23.8 Å². The van der Waals surface area contributed by atoms with Crippen molar-refractivity contribution < 1.29 is 4.79 Å². The number of carbonyl (C=O) groups excluding carboxylic acids is 1. The molecule has 0 aliphatic rings. The number of nitrogens with zero attached hydrogens (tertiary/aromatic N) is 2. The quantitative estimate of drug-likeness (QED) is 0.723. The first-order chi connectivity index (χ1) is 10.5. The highest BCUT2D eigenvalue weighted by atomic mass is 35.5. The van der Waals surface area contributed by atoms with E-state index in [0.717, 1.165) is 23.0 Å². The smallest absolute Gasteiger partial charge is 0.271 e. The standard InChI is InChI=1S/C18H21ClN2O/c1-5-10-20(11-6-2)18(22)17-13(4)15-12-14(19)8-9-16(15)21(17)7-3/h5-6,8-9,12H,1-2,7,10-11H2,3-4H3. The van der Waals surface area contributed by atoms with Gasteiger partial charge in [0, 0.05) is 35.6 Å². The van der Waals surface area contributed by atoms with E-state index in [1.807, 2.05) is 36.6 Å². The van der Waals surface area contributed by atoms with Gasteiger partial charge >= 0.3 is 0 Å². The van der Waals surface area contributed by atoms with Crippen molar-refractivity contribution in [1.29, 1.82) is 0 Å². The molecular formula is C18H21ClN2O. The van der Waals surface area contributed by atoms with E-state index in [9.17, 15) is 4.79 Å². The number of halogens is 1. The van der Waals surface area contributed by atoms with E-state index in [4.69, 9.17) is 11.6 Å². The fourth-order valence-corrected chi connectivity index (χ4v) is 2.97. The second-order valence-electron chi connectivity index (χ2n) is 5.17. The SMILES string of the molecule is C=CCN(CC=C)C(=O)c1c(C)c2cc(Cl)ccc2n1CC. The fourth-order valence-electron chi connectivity index (χ4n) is 2.80. The van der Waals surface area contributed by atoms with E-state index < -0.39 is 0 Å². The molecule has 3 nitrogen and oxygen atoms in total. The third-order valence-corrected chi connectivity index (χ3v) is 4.02. The molecule has 0 saturated heterocycles. The van der Waals surface area contributed by atoms with Crippen LogP contribution in [0, 0.1) is 6.92 Å². The maximum Gasteiger partial charge on any atom is 0.271 e. The van der Waals surface area contributed by atoms with Crippen LogP contribution in [-0.4, -0.2) is 28.5 Å². The van der Waals surface area contributed by atoms with Crippen molar-refractivity contribution in [1.82, 2.24) is 9.47 Å². The minimum atomic E-state index is -0.00790. The summed E-state index contributed by atoms with van der Waals surface area (Å²) in [6.07, 6.45) is 3.46. The molecule has 0 fully saturated rings. The first kappa shape index (κ1) is 16.4. The van der Waals surface area contributed by atoms with Crippen molar-refractivity contribution in [3.8, 4) is 0 Å². The van der Waals surface area contributed by atoms with E-state index in [1.54, 1.807) is 17.1 Å². The average Bonchev–Trinajstić information content (AvgIpc) is 2.78. The molecule has 22 heavy (non-hydrogen) atoms. The van der Waals surface area contributed by atoms with Crippen molar-refractivity contribution in [2.75, 3.05) is 13.1 Å². The summed E-state index contributed by atoms with van der Waals surface area (Å²) in [5, 5.41) is 1.70. The van der Waals surface area contributed by atoms with E-state index in [-0.39, 0.29) is 5.91 Å². The zero-order valence-corrected chi connectivity index (χ0v) is 13.9. The van der Waals surface area contributed by atoms with Crippen molar-refractivity contribution in [2.24, 2.45) is 0 Å². The first-order valence-corrected chi connectivity index (χ1v) is 7.72. The van der Waals surface area contributed by atoms with Crippen molar-refractivity contribution in [2.45, 2.75) is 20.4 Å². The Morgan fingerprint density at radius 2 is 1.95 bits per heavy atom. The topological polar surface area (TPSA) is 25.2 Å². The average molecular weight is 317 g/mol. The van der Waals surface area contributed by atoms with Gasteiger partial charge in [-0.3, -0.25) is 4.79 Å². The largest absolute Gasteiger partial charge is 0.337 e. The zero-order valence-electron chi connectivity index (χ0n) is 13.1. The Hall–Kier alpha value is -2.00. The predicted octanol–water partition coefficient (Wildman–Crippen LogP) is 4.44. The fraction of sp³-hybridized carbons (Fsp3) is 0.278. The highest BCUT2D eigenvalue weighted by Crippen LogP contribution is 2.29. The predicted molar refractivity (Wildman–Crippen MR) is 93.7 cm³/mol. The Bertz CT molecular complexity index is 720. The molecule has 0 spiro atoms. The Morgan fingerprint density at radius 3 is 2.50 bits per heavy atom. The molecule has 0 N–H and O–H groups in total. The van der Waals surface area contributed by atoms with Crippen LogP contribution in [0.2, 0.25) is 5.02 Å². The summed E-state index contributed by atoms with van der Waals surface area (Å²) in [6.45, 7) is 13.2. The Labute approximate surface area is 136 Å². The minimum Gasteiger partial charge on any atom is -0.337 e. The number of fused-ring (bicyclic) bond motifs is 1. The molecule has 4 heteroatoms. The van der Waals surface area contributed by atoms with Gasteiger partial charge in [-0.2, -0.15) is 0 Å². The summed E-state index contributed by atoms with van der Waals surface area (Å²) >= 11 is 6.11. The molecule has 1 aromatic heterocycles. The highest BCUT2D eigenvalue weighted by Gasteiger charge is 2.23. The van der Waals surface area contributed by atoms with Crippen LogP contribution < -0.4 is 0 Å². The minimum absolute atomic E-state index is 0.00790. The molecular weight excluding hydrogens is 296 g/mol. The molecule has 1 aromatic carbocycles. The molecule has 116 valence electrons. The summed E-state index contributed by atoms with van der Waals surface area (Å²) in [7, 11) is 0. The lowest BCUT2D eigenvalue weighted by molar-refractivity contribution is 0.0780. The molecule has 0 saturated carbocycles. The van der Waals surface area contributed by atoms with Crippen LogP contribution >= 0.6 is 11.6 Å². The van der Waals surface area contributed by atoms with Crippen LogP contribution in [0.3, 0.4) is 0 Å². The van der Waals surface area contributed by atoms with Crippen molar-refractivity contribution >= 4 is 28.4 Å². The van der Waals surface area contributed by atoms with Crippen molar-refractivity contribution in [3.05, 3.63) is 59.8 Å². The van der Waals surface area contributed by atoms with Gasteiger partial charge in [0.25, 0.3) is 5.91 Å². The van der Waals surface area contributed by atoms with E-state index in [0.29, 0.717) is 23.8 Å². The molecule has 0 aliphatic carbocycles. The summed E-state index contributed by atoms with van der Waals surface area (Å²) in [4.78, 5) is 14.7. The number of aryl methyl sites for hydroxylation is 2. The molecule has 0 unspecified atom stereocenters. The van der Waals surface area contributed by atoms with Gasteiger partial charge in [0.05, 0.1) is 0 Å². The number of amides is 1.